The number of benzene rings is 1. The van der Waals surface area contributed by atoms with E-state index < -0.39 is 6.04 Å². The molecule has 1 aromatic rings. The van der Waals surface area contributed by atoms with Gasteiger partial charge < -0.3 is 31.2 Å². The molecule has 10 nitrogen and oxygen atoms in total. The SMILES string of the molecule is CNC(=O)C(CCC=O)N(C)Cc1c(C=O)cccc1NC(=O)CCCCCCNCCOCCN. The van der Waals surface area contributed by atoms with Gasteiger partial charge in [0, 0.05) is 56.3 Å². The highest BCUT2D eigenvalue weighted by Crippen LogP contribution is 2.23. The highest BCUT2D eigenvalue weighted by Gasteiger charge is 2.24. The van der Waals surface area contributed by atoms with Gasteiger partial charge in [0.2, 0.25) is 11.8 Å². The van der Waals surface area contributed by atoms with Crippen molar-refractivity contribution < 1.29 is 23.9 Å². The fourth-order valence-electron chi connectivity index (χ4n) is 3.87. The predicted octanol–water partition coefficient (Wildman–Crippen LogP) is 1.48. The minimum Gasteiger partial charge on any atom is -0.379 e. The maximum absolute atomic E-state index is 12.6. The molecule has 0 aliphatic carbocycles. The van der Waals surface area contributed by atoms with Crippen LogP contribution in [0.1, 0.15) is 60.9 Å². The van der Waals surface area contributed by atoms with Gasteiger partial charge in [-0.15, -0.1) is 0 Å². The van der Waals surface area contributed by atoms with Gasteiger partial charge >= 0.3 is 0 Å². The van der Waals surface area contributed by atoms with Crippen LogP contribution in [0, 0.1) is 0 Å². The molecule has 0 aliphatic rings. The van der Waals surface area contributed by atoms with Gasteiger partial charge in [0.1, 0.15) is 12.6 Å². The number of unbranched alkanes of at least 4 members (excludes halogenated alkanes) is 3. The number of anilines is 1. The molecule has 1 unspecified atom stereocenters. The molecule has 0 aromatic heterocycles. The van der Waals surface area contributed by atoms with Crippen LogP contribution in [0.4, 0.5) is 5.69 Å². The predicted molar refractivity (Wildman–Crippen MR) is 141 cm³/mol. The number of rotatable bonds is 21. The number of amides is 2. The summed E-state index contributed by atoms with van der Waals surface area (Å²) in [6, 6.07) is 4.64. The lowest BCUT2D eigenvalue weighted by molar-refractivity contribution is -0.126. The van der Waals surface area contributed by atoms with E-state index >= 15 is 0 Å². The van der Waals surface area contributed by atoms with E-state index in [1.54, 1.807) is 37.2 Å². The van der Waals surface area contributed by atoms with Crippen LogP contribution in [0.5, 0.6) is 0 Å². The minimum atomic E-state index is -0.531. The summed E-state index contributed by atoms with van der Waals surface area (Å²) < 4.78 is 5.31. The van der Waals surface area contributed by atoms with Crippen molar-refractivity contribution in [3.63, 3.8) is 0 Å². The Morgan fingerprint density at radius 3 is 2.58 bits per heavy atom. The third kappa shape index (κ3) is 12.3. The zero-order valence-electron chi connectivity index (χ0n) is 21.7. The molecule has 1 aromatic carbocycles. The summed E-state index contributed by atoms with van der Waals surface area (Å²) in [6.07, 6.45) is 6.33. The van der Waals surface area contributed by atoms with E-state index in [1.165, 1.54) is 0 Å². The fourth-order valence-corrected chi connectivity index (χ4v) is 3.87. The molecule has 36 heavy (non-hydrogen) atoms. The number of carbonyl (C=O) groups excluding carboxylic acids is 4. The topological polar surface area (TPSA) is 143 Å². The Morgan fingerprint density at radius 2 is 1.89 bits per heavy atom. The number of ether oxygens (including phenoxy) is 1. The van der Waals surface area contributed by atoms with Crippen LogP contribution in [-0.2, 0) is 25.7 Å². The average Bonchev–Trinajstić information content (AvgIpc) is 2.88. The van der Waals surface area contributed by atoms with E-state index in [9.17, 15) is 19.2 Å². The van der Waals surface area contributed by atoms with Gasteiger partial charge in [-0.3, -0.25) is 19.3 Å². The second kappa shape index (κ2) is 19.5. The van der Waals surface area contributed by atoms with Crippen molar-refractivity contribution in [2.45, 2.75) is 57.5 Å². The smallest absolute Gasteiger partial charge is 0.237 e. The van der Waals surface area contributed by atoms with Crippen LogP contribution in [0.3, 0.4) is 0 Å². The summed E-state index contributed by atoms with van der Waals surface area (Å²) in [7, 11) is 3.31. The Morgan fingerprint density at radius 1 is 1.11 bits per heavy atom. The first-order valence-electron chi connectivity index (χ1n) is 12.7. The van der Waals surface area contributed by atoms with Crippen LogP contribution in [-0.4, -0.2) is 82.3 Å². The molecule has 0 aliphatic heterocycles. The number of carbonyl (C=O) groups is 4. The van der Waals surface area contributed by atoms with Gasteiger partial charge in [-0.1, -0.05) is 25.0 Å². The molecule has 0 spiro atoms. The van der Waals surface area contributed by atoms with Crippen LogP contribution < -0.4 is 21.7 Å². The summed E-state index contributed by atoms with van der Waals surface area (Å²) in [6.45, 7) is 3.77. The Labute approximate surface area is 214 Å². The molecular weight excluding hydrogens is 462 g/mol. The van der Waals surface area contributed by atoms with E-state index in [1.807, 2.05) is 0 Å². The zero-order chi connectivity index (χ0) is 26.6. The number of hydrogen-bond donors (Lipinski definition) is 4. The molecule has 1 rings (SSSR count). The quantitative estimate of drug-likeness (QED) is 0.145. The monoisotopic (exact) mass is 505 g/mol. The molecule has 10 heteroatoms. The Hall–Kier alpha value is -2.66. The highest BCUT2D eigenvalue weighted by molar-refractivity contribution is 5.93. The van der Waals surface area contributed by atoms with E-state index in [2.05, 4.69) is 16.0 Å². The number of aldehydes is 2. The first kappa shape index (κ1) is 31.4. The largest absolute Gasteiger partial charge is 0.379 e. The number of nitrogens with two attached hydrogens (primary N) is 1. The molecule has 0 bridgehead atoms. The maximum atomic E-state index is 12.6. The number of hydrogen-bond acceptors (Lipinski definition) is 8. The minimum absolute atomic E-state index is 0.110. The van der Waals surface area contributed by atoms with Crippen molar-refractivity contribution in [2.75, 3.05) is 52.3 Å². The van der Waals surface area contributed by atoms with Crippen molar-refractivity contribution in [3.05, 3.63) is 29.3 Å². The van der Waals surface area contributed by atoms with Crippen molar-refractivity contribution in [1.82, 2.24) is 15.5 Å². The summed E-state index contributed by atoms with van der Waals surface area (Å²) in [5.41, 5.74) is 7.02. The lowest BCUT2D eigenvalue weighted by Gasteiger charge is -2.27. The fraction of sp³-hybridized carbons (Fsp3) is 0.615. The van der Waals surface area contributed by atoms with E-state index in [0.29, 0.717) is 49.4 Å². The first-order valence-corrected chi connectivity index (χ1v) is 12.7. The molecule has 202 valence electrons. The Balaban J connectivity index is 2.56. The van der Waals surface area contributed by atoms with Crippen LogP contribution >= 0.6 is 0 Å². The molecule has 0 saturated heterocycles. The Bertz CT molecular complexity index is 805. The summed E-state index contributed by atoms with van der Waals surface area (Å²) in [5.74, 6) is -0.315. The maximum Gasteiger partial charge on any atom is 0.237 e. The van der Waals surface area contributed by atoms with Gasteiger partial charge in [-0.25, -0.2) is 0 Å². The summed E-state index contributed by atoms with van der Waals surface area (Å²) >= 11 is 0. The molecule has 0 heterocycles. The van der Waals surface area contributed by atoms with Gasteiger partial charge in [-0.05, 0) is 38.9 Å². The zero-order valence-corrected chi connectivity index (χ0v) is 21.7. The molecule has 0 radical (unpaired) electrons. The molecule has 1 atom stereocenters. The second-order valence-electron chi connectivity index (χ2n) is 8.64. The lowest BCUT2D eigenvalue weighted by atomic mass is 10.0. The number of likely N-dealkylation sites (N-methyl/N-ethyl adjacent to an activating group) is 2. The van der Waals surface area contributed by atoms with Crippen LogP contribution in [0.25, 0.3) is 0 Å². The average molecular weight is 506 g/mol. The normalized spacial score (nSPS) is 11.8. The second-order valence-corrected chi connectivity index (χ2v) is 8.64. The number of nitrogens with zero attached hydrogens (tertiary/aromatic N) is 1. The van der Waals surface area contributed by atoms with E-state index in [4.69, 9.17) is 10.5 Å². The van der Waals surface area contributed by atoms with Crippen LogP contribution in [0.2, 0.25) is 0 Å². The van der Waals surface area contributed by atoms with Gasteiger partial charge in [0.15, 0.2) is 0 Å². The van der Waals surface area contributed by atoms with E-state index in [0.717, 1.165) is 51.3 Å². The Kier molecular flexibility index (Phi) is 17.0. The summed E-state index contributed by atoms with van der Waals surface area (Å²) in [5, 5.41) is 8.88. The van der Waals surface area contributed by atoms with Crippen molar-refractivity contribution in [1.29, 1.82) is 0 Å². The molecule has 5 N–H and O–H groups in total. The van der Waals surface area contributed by atoms with Gasteiger partial charge in [-0.2, -0.15) is 0 Å². The highest BCUT2D eigenvalue weighted by atomic mass is 16.5. The molecule has 0 saturated carbocycles. The van der Waals surface area contributed by atoms with Crippen LogP contribution in [0.15, 0.2) is 18.2 Å². The lowest BCUT2D eigenvalue weighted by Crippen LogP contribution is -2.43. The number of nitrogens with one attached hydrogen (secondary N) is 3. The van der Waals surface area contributed by atoms with Gasteiger partial charge in [0.25, 0.3) is 0 Å². The summed E-state index contributed by atoms with van der Waals surface area (Å²) in [4.78, 5) is 49.2. The molecule has 0 fully saturated rings. The van der Waals surface area contributed by atoms with Crippen molar-refractivity contribution in [2.24, 2.45) is 5.73 Å². The van der Waals surface area contributed by atoms with Crippen molar-refractivity contribution >= 4 is 30.1 Å². The third-order valence-electron chi connectivity index (χ3n) is 5.85. The standard InChI is InChI=1S/C26H43N5O5/c1-28-26(35)24(11-8-16-32)31(2)19-22-21(20-33)9-7-10-23(22)30-25(34)12-5-3-4-6-14-29-15-18-36-17-13-27/h7,9-10,16,20,24,29H,3-6,8,11-15,17-19,27H2,1-2H3,(H,28,35)(H,30,34). The third-order valence-corrected chi connectivity index (χ3v) is 5.85. The molecular formula is C26H43N5O5. The first-order chi connectivity index (χ1) is 17.5. The molecule has 2 amide bonds. The van der Waals surface area contributed by atoms with Gasteiger partial charge in [0.05, 0.1) is 19.3 Å². The van der Waals surface area contributed by atoms with Crippen molar-refractivity contribution in [3.8, 4) is 0 Å². The van der Waals surface area contributed by atoms with E-state index in [-0.39, 0.29) is 24.8 Å².